The van der Waals surface area contributed by atoms with E-state index in [0.29, 0.717) is 23.6 Å². The second-order valence-electron chi connectivity index (χ2n) is 8.49. The molecule has 6 heteroatoms. The first-order valence-electron chi connectivity index (χ1n) is 11.0. The Balaban J connectivity index is 1.65. The highest BCUT2D eigenvalue weighted by Gasteiger charge is 2.37. The molecule has 0 aromatic heterocycles. The van der Waals surface area contributed by atoms with Crippen LogP contribution in [0, 0.1) is 27.7 Å². The second kappa shape index (κ2) is 9.35. The Morgan fingerprint density at radius 1 is 0.853 bits per heavy atom. The van der Waals surface area contributed by atoms with E-state index in [0.717, 1.165) is 21.6 Å². The van der Waals surface area contributed by atoms with Crippen LogP contribution in [0.3, 0.4) is 0 Å². The van der Waals surface area contributed by atoms with Gasteiger partial charge in [-0.15, -0.1) is 0 Å². The molecule has 0 unspecified atom stereocenters. The number of carbonyl (C=O) groups is 3. The highest BCUT2D eigenvalue weighted by Crippen LogP contribution is 2.28. The lowest BCUT2D eigenvalue weighted by Crippen LogP contribution is -2.54. The average molecular weight is 455 g/mol. The number of hydrogen-bond acceptors (Lipinski definition) is 4. The Morgan fingerprint density at radius 2 is 1.62 bits per heavy atom. The van der Waals surface area contributed by atoms with E-state index >= 15 is 0 Å². The van der Waals surface area contributed by atoms with Gasteiger partial charge in [-0.3, -0.25) is 14.9 Å². The Bertz CT molecular complexity index is 1340. The number of anilines is 1. The number of para-hydroxylation sites is 1. The van der Waals surface area contributed by atoms with Crippen LogP contribution in [0.25, 0.3) is 6.08 Å². The third-order valence-electron chi connectivity index (χ3n) is 5.88. The van der Waals surface area contributed by atoms with Crippen LogP contribution in [0.5, 0.6) is 5.75 Å². The van der Waals surface area contributed by atoms with Gasteiger partial charge in [0.15, 0.2) is 0 Å². The summed E-state index contributed by atoms with van der Waals surface area (Å²) in [5.74, 6) is -0.881. The van der Waals surface area contributed by atoms with Crippen LogP contribution >= 0.6 is 0 Å². The summed E-state index contributed by atoms with van der Waals surface area (Å²) in [6.07, 6.45) is 1.47. The van der Waals surface area contributed by atoms with Crippen LogP contribution in [0.1, 0.15) is 33.4 Å². The molecule has 1 N–H and O–H groups in total. The van der Waals surface area contributed by atoms with Crippen LogP contribution in [-0.4, -0.2) is 17.8 Å². The monoisotopic (exact) mass is 454 g/mol. The van der Waals surface area contributed by atoms with E-state index in [1.165, 1.54) is 17.2 Å². The van der Waals surface area contributed by atoms with Gasteiger partial charge in [0.25, 0.3) is 11.8 Å². The molecule has 0 atom stereocenters. The van der Waals surface area contributed by atoms with Gasteiger partial charge in [0.1, 0.15) is 17.9 Å². The van der Waals surface area contributed by atoms with Crippen molar-refractivity contribution in [1.82, 2.24) is 5.32 Å². The fourth-order valence-electron chi connectivity index (χ4n) is 3.87. The fraction of sp³-hybridized carbons (Fsp3) is 0.179. The molecule has 1 aliphatic heterocycles. The summed E-state index contributed by atoms with van der Waals surface area (Å²) < 4.78 is 6.03. The minimum absolute atomic E-state index is 0.137. The van der Waals surface area contributed by atoms with E-state index in [9.17, 15) is 14.4 Å². The minimum Gasteiger partial charge on any atom is -0.488 e. The summed E-state index contributed by atoms with van der Waals surface area (Å²) in [6, 6.07) is 17.9. The number of hydrogen-bond donors (Lipinski definition) is 1. The van der Waals surface area contributed by atoms with Crippen molar-refractivity contribution >= 4 is 29.6 Å². The Morgan fingerprint density at radius 3 is 2.35 bits per heavy atom. The fourth-order valence-corrected chi connectivity index (χ4v) is 3.87. The summed E-state index contributed by atoms with van der Waals surface area (Å²) in [7, 11) is 0. The molecule has 0 bridgehead atoms. The number of aryl methyl sites for hydroxylation is 4. The van der Waals surface area contributed by atoms with Gasteiger partial charge in [0, 0.05) is 5.56 Å². The number of urea groups is 1. The lowest BCUT2D eigenvalue weighted by Gasteiger charge is -2.27. The molecule has 0 spiro atoms. The molecular formula is C28H26N2O4. The molecule has 34 heavy (non-hydrogen) atoms. The van der Waals surface area contributed by atoms with Crippen molar-refractivity contribution in [1.29, 1.82) is 0 Å². The summed E-state index contributed by atoms with van der Waals surface area (Å²) in [4.78, 5) is 39.4. The molecule has 0 radical (unpaired) electrons. The Kier molecular flexibility index (Phi) is 6.32. The number of imide groups is 2. The highest BCUT2D eigenvalue weighted by molar-refractivity contribution is 6.39. The zero-order valence-corrected chi connectivity index (χ0v) is 19.6. The molecule has 1 heterocycles. The average Bonchev–Trinajstić information content (AvgIpc) is 2.79. The molecule has 172 valence electrons. The summed E-state index contributed by atoms with van der Waals surface area (Å²) >= 11 is 0. The van der Waals surface area contributed by atoms with E-state index in [1.54, 1.807) is 24.3 Å². The molecule has 1 aliphatic rings. The minimum atomic E-state index is -0.765. The van der Waals surface area contributed by atoms with Gasteiger partial charge in [-0.25, -0.2) is 9.69 Å². The van der Waals surface area contributed by atoms with E-state index in [4.69, 9.17) is 4.74 Å². The molecular weight excluding hydrogens is 428 g/mol. The van der Waals surface area contributed by atoms with E-state index in [2.05, 4.69) is 18.3 Å². The Hall–Kier alpha value is -4.19. The molecule has 0 aliphatic carbocycles. The summed E-state index contributed by atoms with van der Waals surface area (Å²) in [6.45, 7) is 8.19. The molecule has 4 rings (SSSR count). The van der Waals surface area contributed by atoms with Crippen LogP contribution in [0.15, 0.2) is 66.2 Å². The number of barbiturate groups is 1. The number of benzene rings is 3. The number of amides is 4. The topological polar surface area (TPSA) is 75.7 Å². The van der Waals surface area contributed by atoms with Crippen LogP contribution in [0.4, 0.5) is 10.5 Å². The predicted molar refractivity (Wildman–Crippen MR) is 132 cm³/mol. The summed E-state index contributed by atoms with van der Waals surface area (Å²) in [5, 5.41) is 2.28. The van der Waals surface area contributed by atoms with E-state index in [-0.39, 0.29) is 5.57 Å². The summed E-state index contributed by atoms with van der Waals surface area (Å²) in [5.41, 5.74) is 6.04. The lowest BCUT2D eigenvalue weighted by atomic mass is 10.0. The molecule has 1 saturated heterocycles. The second-order valence-corrected chi connectivity index (χ2v) is 8.49. The van der Waals surface area contributed by atoms with Crippen molar-refractivity contribution in [3.63, 3.8) is 0 Å². The van der Waals surface area contributed by atoms with Crippen molar-refractivity contribution < 1.29 is 19.1 Å². The predicted octanol–water partition coefficient (Wildman–Crippen LogP) is 5.17. The zero-order valence-electron chi connectivity index (χ0n) is 19.6. The number of rotatable bonds is 5. The molecule has 6 nitrogen and oxygen atoms in total. The molecule has 0 saturated carbocycles. The maximum absolute atomic E-state index is 13.3. The molecule has 4 amide bonds. The van der Waals surface area contributed by atoms with Crippen molar-refractivity contribution in [3.8, 4) is 5.75 Å². The zero-order chi connectivity index (χ0) is 24.4. The van der Waals surface area contributed by atoms with Gasteiger partial charge in [0.2, 0.25) is 0 Å². The first kappa shape index (κ1) is 23.0. The lowest BCUT2D eigenvalue weighted by molar-refractivity contribution is -0.122. The number of ether oxygens (including phenoxy) is 1. The van der Waals surface area contributed by atoms with E-state index in [1.807, 2.05) is 51.1 Å². The van der Waals surface area contributed by atoms with Crippen LogP contribution in [0.2, 0.25) is 0 Å². The van der Waals surface area contributed by atoms with Crippen molar-refractivity contribution in [2.75, 3.05) is 4.90 Å². The normalized spacial score (nSPS) is 15.0. The van der Waals surface area contributed by atoms with Gasteiger partial charge in [-0.2, -0.15) is 0 Å². The third-order valence-corrected chi connectivity index (χ3v) is 5.88. The van der Waals surface area contributed by atoms with Crippen LogP contribution < -0.4 is 15.0 Å². The van der Waals surface area contributed by atoms with Crippen molar-refractivity contribution in [2.24, 2.45) is 0 Å². The standard InChI is InChI=1S/C28H26N2O4/c1-17-9-12-24(20(4)13-17)30-27(32)23(26(31)29-28(30)33)15-22-7-5-6-8-25(22)34-16-21-11-10-18(2)19(3)14-21/h5-15H,16H2,1-4H3,(H,29,31,33)/b23-15+. The van der Waals surface area contributed by atoms with Gasteiger partial charge >= 0.3 is 6.03 Å². The van der Waals surface area contributed by atoms with Crippen LogP contribution in [-0.2, 0) is 16.2 Å². The first-order chi connectivity index (χ1) is 16.2. The largest absolute Gasteiger partial charge is 0.488 e. The maximum Gasteiger partial charge on any atom is 0.335 e. The van der Waals surface area contributed by atoms with E-state index < -0.39 is 17.8 Å². The van der Waals surface area contributed by atoms with Gasteiger partial charge in [-0.05, 0) is 68.2 Å². The molecule has 3 aromatic carbocycles. The van der Waals surface area contributed by atoms with Crippen molar-refractivity contribution in [3.05, 3.63) is 99.6 Å². The molecule has 1 fully saturated rings. The Labute approximate surface area is 198 Å². The maximum atomic E-state index is 13.3. The van der Waals surface area contributed by atoms with Gasteiger partial charge < -0.3 is 4.74 Å². The SMILES string of the molecule is Cc1ccc(N2C(=O)NC(=O)/C(=C\c3ccccc3OCc3ccc(C)c(C)c3)C2=O)c(C)c1. The number of nitrogens with zero attached hydrogens (tertiary/aromatic N) is 1. The molecule has 3 aromatic rings. The van der Waals surface area contributed by atoms with Gasteiger partial charge in [-0.1, -0.05) is 54.1 Å². The quantitative estimate of drug-likeness (QED) is 0.427. The smallest absolute Gasteiger partial charge is 0.335 e. The number of nitrogens with one attached hydrogen (secondary N) is 1. The number of carbonyl (C=O) groups excluding carboxylic acids is 3. The first-order valence-corrected chi connectivity index (χ1v) is 11.0. The highest BCUT2D eigenvalue weighted by atomic mass is 16.5. The van der Waals surface area contributed by atoms with Crippen molar-refractivity contribution in [2.45, 2.75) is 34.3 Å². The van der Waals surface area contributed by atoms with Gasteiger partial charge in [0.05, 0.1) is 5.69 Å². The third kappa shape index (κ3) is 4.62.